The number of esters is 1. The molecule has 6 rings (SSSR count). The molecule has 0 aliphatic heterocycles. The van der Waals surface area contributed by atoms with Gasteiger partial charge in [0.1, 0.15) is 5.00 Å². The van der Waals surface area contributed by atoms with Crippen LogP contribution in [0.3, 0.4) is 0 Å². The molecule has 4 saturated carbocycles. The monoisotopic (exact) mass is 474 g/mol. The van der Waals surface area contributed by atoms with E-state index in [0.717, 1.165) is 47.6 Å². The van der Waals surface area contributed by atoms with Gasteiger partial charge in [0.15, 0.2) is 5.11 Å². The molecular weight excluding hydrogens is 436 g/mol. The molecular formula is C26H38N2O2S2. The van der Waals surface area contributed by atoms with Gasteiger partial charge < -0.3 is 15.4 Å². The van der Waals surface area contributed by atoms with Crippen LogP contribution in [0.1, 0.15) is 98.4 Å². The number of aryl methyl sites for hydroxylation is 1. The molecule has 176 valence electrons. The van der Waals surface area contributed by atoms with E-state index in [9.17, 15) is 4.79 Å². The topological polar surface area (TPSA) is 50.4 Å². The number of hydrogen-bond donors (Lipinski definition) is 2. The van der Waals surface area contributed by atoms with Gasteiger partial charge in [0.05, 0.1) is 12.7 Å². The van der Waals surface area contributed by atoms with Gasteiger partial charge in [0.2, 0.25) is 0 Å². The maximum absolute atomic E-state index is 12.7. The molecule has 1 atom stereocenters. The van der Waals surface area contributed by atoms with E-state index in [-0.39, 0.29) is 5.97 Å². The van der Waals surface area contributed by atoms with E-state index in [0.29, 0.717) is 16.6 Å². The Labute approximate surface area is 202 Å². The van der Waals surface area contributed by atoms with Crippen LogP contribution in [-0.2, 0) is 17.6 Å². The Balaban J connectivity index is 1.35. The molecule has 0 amide bonds. The van der Waals surface area contributed by atoms with Gasteiger partial charge in [-0.15, -0.1) is 11.3 Å². The number of carbonyl (C=O) groups excluding carboxylic acids is 1. The molecule has 0 saturated heterocycles. The number of rotatable bonds is 6. The van der Waals surface area contributed by atoms with E-state index < -0.39 is 0 Å². The van der Waals surface area contributed by atoms with Gasteiger partial charge in [-0.25, -0.2) is 4.79 Å². The average molecular weight is 475 g/mol. The van der Waals surface area contributed by atoms with Crippen molar-refractivity contribution >= 4 is 39.6 Å². The number of hydrogen-bond acceptors (Lipinski definition) is 4. The van der Waals surface area contributed by atoms with Crippen molar-refractivity contribution < 1.29 is 9.53 Å². The van der Waals surface area contributed by atoms with Gasteiger partial charge in [-0.3, -0.25) is 0 Å². The molecule has 4 bridgehead atoms. The highest BCUT2D eigenvalue weighted by molar-refractivity contribution is 7.80. The summed E-state index contributed by atoms with van der Waals surface area (Å²) < 4.78 is 5.17. The molecule has 0 radical (unpaired) electrons. The molecule has 5 aliphatic rings. The highest BCUT2D eigenvalue weighted by Crippen LogP contribution is 2.61. The fourth-order valence-corrected chi connectivity index (χ4v) is 9.46. The summed E-state index contributed by atoms with van der Waals surface area (Å²) in [6, 6.07) is 0.431. The van der Waals surface area contributed by atoms with Crippen LogP contribution in [0.25, 0.3) is 0 Å². The van der Waals surface area contributed by atoms with Gasteiger partial charge >= 0.3 is 5.97 Å². The Morgan fingerprint density at radius 3 is 2.41 bits per heavy atom. The molecule has 1 unspecified atom stereocenters. The lowest BCUT2D eigenvalue weighted by Crippen LogP contribution is -2.57. The van der Waals surface area contributed by atoms with Crippen LogP contribution >= 0.6 is 23.6 Å². The number of fused-ring (bicyclic) bond motifs is 1. The number of thiophene rings is 1. The van der Waals surface area contributed by atoms with Crippen molar-refractivity contribution in [1.29, 1.82) is 0 Å². The zero-order valence-corrected chi connectivity index (χ0v) is 21.3. The van der Waals surface area contributed by atoms with Crippen LogP contribution < -0.4 is 10.6 Å². The van der Waals surface area contributed by atoms with E-state index in [1.165, 1.54) is 81.8 Å². The smallest absolute Gasteiger partial charge is 0.341 e. The molecule has 5 aliphatic carbocycles. The minimum absolute atomic E-state index is 0.235. The van der Waals surface area contributed by atoms with Crippen LogP contribution in [0, 0.1) is 23.2 Å². The second-order valence-corrected chi connectivity index (χ2v) is 12.5. The quantitative estimate of drug-likeness (QED) is 0.281. The summed E-state index contributed by atoms with van der Waals surface area (Å²) in [6.07, 6.45) is 16.4. The summed E-state index contributed by atoms with van der Waals surface area (Å²) in [6.45, 7) is 2.29. The van der Waals surface area contributed by atoms with Crippen molar-refractivity contribution in [2.45, 2.75) is 96.4 Å². The maximum atomic E-state index is 12.7. The zero-order chi connectivity index (χ0) is 22.3. The summed E-state index contributed by atoms with van der Waals surface area (Å²) in [5, 5.41) is 8.80. The first kappa shape index (κ1) is 22.6. The minimum Gasteiger partial charge on any atom is -0.465 e. The average Bonchev–Trinajstić information content (AvgIpc) is 2.92. The third-order valence-electron chi connectivity index (χ3n) is 8.75. The predicted molar refractivity (Wildman–Crippen MR) is 136 cm³/mol. The predicted octanol–water partition coefficient (Wildman–Crippen LogP) is 6.48. The largest absolute Gasteiger partial charge is 0.465 e. The molecule has 1 heterocycles. The number of nitrogens with one attached hydrogen (secondary N) is 2. The van der Waals surface area contributed by atoms with Gasteiger partial charge in [-0.05, 0) is 112 Å². The summed E-state index contributed by atoms with van der Waals surface area (Å²) in [4.78, 5) is 14.0. The van der Waals surface area contributed by atoms with Crippen molar-refractivity contribution in [3.8, 4) is 0 Å². The highest BCUT2D eigenvalue weighted by atomic mass is 32.1. The van der Waals surface area contributed by atoms with Crippen molar-refractivity contribution in [1.82, 2.24) is 5.32 Å². The van der Waals surface area contributed by atoms with Crippen LogP contribution in [-0.4, -0.2) is 24.2 Å². The van der Waals surface area contributed by atoms with Crippen molar-refractivity contribution in [2.75, 3.05) is 12.4 Å². The lowest BCUT2D eigenvalue weighted by Gasteiger charge is -2.59. The Morgan fingerprint density at radius 2 is 1.78 bits per heavy atom. The SMILES string of the molecule is CCCC(NC(=S)Nc1sc2c(c1C(=O)OC)CCCCC2)C12CC3CC(CC(C3)C1)C2. The molecule has 6 heteroatoms. The summed E-state index contributed by atoms with van der Waals surface area (Å²) in [7, 11) is 1.48. The zero-order valence-electron chi connectivity index (χ0n) is 19.6. The molecule has 32 heavy (non-hydrogen) atoms. The van der Waals surface area contributed by atoms with Crippen molar-refractivity contribution in [3.63, 3.8) is 0 Å². The summed E-state index contributed by atoms with van der Waals surface area (Å²) in [5.41, 5.74) is 2.32. The molecule has 4 fully saturated rings. The van der Waals surface area contributed by atoms with Crippen molar-refractivity contribution in [3.05, 3.63) is 16.0 Å². The third-order valence-corrected chi connectivity index (χ3v) is 10.2. The van der Waals surface area contributed by atoms with E-state index in [4.69, 9.17) is 17.0 Å². The first-order valence-corrected chi connectivity index (χ1v) is 14.0. The van der Waals surface area contributed by atoms with Crippen LogP contribution in [0.4, 0.5) is 5.00 Å². The lowest BCUT2D eigenvalue weighted by molar-refractivity contribution is -0.0718. The first-order chi connectivity index (χ1) is 15.5. The van der Waals surface area contributed by atoms with Crippen LogP contribution in [0.15, 0.2) is 0 Å². The standard InChI is InChI=1S/C26H38N2O2S2/c1-3-7-21(26-13-16-10-17(14-26)12-18(11-16)15-26)27-25(31)28-23-22(24(29)30-2)19-8-5-4-6-9-20(19)32-23/h16-18,21H,3-15H2,1-2H3,(H2,27,28,31). The van der Waals surface area contributed by atoms with E-state index in [1.807, 2.05) is 0 Å². The fourth-order valence-electron chi connectivity index (χ4n) is 7.87. The number of methoxy groups -OCH3 is 1. The normalized spacial score (nSPS) is 31.5. The Bertz CT molecular complexity index is 842. The van der Waals surface area contributed by atoms with Crippen LogP contribution in [0.2, 0.25) is 0 Å². The Hall–Kier alpha value is -1.14. The molecule has 1 aromatic heterocycles. The molecule has 0 aromatic carbocycles. The van der Waals surface area contributed by atoms with Gasteiger partial charge in [-0.2, -0.15) is 0 Å². The molecule has 0 spiro atoms. The minimum atomic E-state index is -0.235. The van der Waals surface area contributed by atoms with E-state index in [1.54, 1.807) is 11.3 Å². The second-order valence-electron chi connectivity index (χ2n) is 11.0. The maximum Gasteiger partial charge on any atom is 0.341 e. The highest BCUT2D eigenvalue weighted by Gasteiger charge is 2.54. The van der Waals surface area contributed by atoms with Gasteiger partial charge in [0, 0.05) is 10.9 Å². The molecule has 1 aromatic rings. The summed E-state index contributed by atoms with van der Waals surface area (Å²) in [5.74, 6) is 2.56. The van der Waals surface area contributed by atoms with E-state index in [2.05, 4.69) is 17.6 Å². The summed E-state index contributed by atoms with van der Waals surface area (Å²) >= 11 is 7.57. The lowest BCUT2D eigenvalue weighted by atomic mass is 9.47. The van der Waals surface area contributed by atoms with Crippen molar-refractivity contribution in [2.24, 2.45) is 23.2 Å². The number of thiocarbonyl (C=S) groups is 1. The van der Waals surface area contributed by atoms with E-state index >= 15 is 0 Å². The van der Waals surface area contributed by atoms with Crippen LogP contribution in [0.5, 0.6) is 0 Å². The number of anilines is 1. The number of carbonyl (C=O) groups is 1. The third kappa shape index (κ3) is 4.22. The van der Waals surface area contributed by atoms with Gasteiger partial charge in [0.25, 0.3) is 0 Å². The number of ether oxygens (including phenoxy) is 1. The first-order valence-electron chi connectivity index (χ1n) is 12.8. The molecule has 2 N–H and O–H groups in total. The Morgan fingerprint density at radius 1 is 1.12 bits per heavy atom. The second kappa shape index (κ2) is 9.25. The fraction of sp³-hybridized carbons (Fsp3) is 0.769. The molecule has 4 nitrogen and oxygen atoms in total. The Kier molecular flexibility index (Phi) is 6.54. The van der Waals surface area contributed by atoms with Gasteiger partial charge in [-0.1, -0.05) is 19.8 Å².